The van der Waals surface area contributed by atoms with Gasteiger partial charge in [-0.3, -0.25) is 14.7 Å². The number of carbonyl (C=O) groups is 2. The zero-order valence-electron chi connectivity index (χ0n) is 13.1. The summed E-state index contributed by atoms with van der Waals surface area (Å²) >= 11 is 1.60. The van der Waals surface area contributed by atoms with Crippen molar-refractivity contribution in [3.63, 3.8) is 0 Å². The molecule has 0 saturated heterocycles. The van der Waals surface area contributed by atoms with Gasteiger partial charge in [0.1, 0.15) is 12.3 Å². The van der Waals surface area contributed by atoms with E-state index in [0.717, 1.165) is 16.1 Å². The molecule has 8 heteroatoms. The van der Waals surface area contributed by atoms with Crippen molar-refractivity contribution in [3.8, 4) is 10.6 Å². The summed E-state index contributed by atoms with van der Waals surface area (Å²) < 4.78 is 4.85. The third kappa shape index (κ3) is 3.38. The Bertz CT molecular complexity index is 850. The first kappa shape index (κ1) is 16.0. The van der Waals surface area contributed by atoms with Crippen LogP contribution in [0.1, 0.15) is 22.8 Å². The number of rotatable bonds is 5. The van der Waals surface area contributed by atoms with Crippen LogP contribution in [0, 0.1) is 6.92 Å². The number of aryl methyl sites for hydroxylation is 1. The normalized spacial score (nSPS) is 11.9. The first-order valence-corrected chi connectivity index (χ1v) is 8.16. The third-order valence-electron chi connectivity index (χ3n) is 3.46. The molecule has 3 rings (SSSR count). The van der Waals surface area contributed by atoms with Crippen molar-refractivity contribution in [2.45, 2.75) is 19.9 Å². The molecular formula is C16H16N4O3S. The predicted molar refractivity (Wildman–Crippen MR) is 90.9 cm³/mol. The van der Waals surface area contributed by atoms with E-state index in [0.29, 0.717) is 11.4 Å². The maximum atomic E-state index is 12.2. The van der Waals surface area contributed by atoms with Crippen molar-refractivity contribution in [1.29, 1.82) is 0 Å². The Kier molecular flexibility index (Phi) is 4.48. The first-order chi connectivity index (χ1) is 11.5. The lowest BCUT2D eigenvalue weighted by atomic mass is 10.2. The summed E-state index contributed by atoms with van der Waals surface area (Å²) in [6.45, 7) is 3.61. The molecule has 7 nitrogen and oxygen atoms in total. The van der Waals surface area contributed by atoms with Crippen LogP contribution in [-0.2, 0) is 4.79 Å². The molecule has 1 atom stereocenters. The second-order valence-electron chi connectivity index (χ2n) is 5.30. The van der Waals surface area contributed by atoms with E-state index in [1.165, 1.54) is 18.6 Å². The Labute approximate surface area is 142 Å². The van der Waals surface area contributed by atoms with Gasteiger partial charge < -0.3 is 15.1 Å². The molecule has 3 N–H and O–H groups in total. The van der Waals surface area contributed by atoms with E-state index in [1.807, 2.05) is 18.4 Å². The van der Waals surface area contributed by atoms with Gasteiger partial charge in [0.2, 0.25) is 5.91 Å². The molecule has 3 aromatic heterocycles. The highest BCUT2D eigenvalue weighted by Gasteiger charge is 2.18. The number of amides is 2. The molecule has 2 amide bonds. The molecule has 3 heterocycles. The summed E-state index contributed by atoms with van der Waals surface area (Å²) in [5.41, 5.74) is 2.35. The van der Waals surface area contributed by atoms with Crippen molar-refractivity contribution in [1.82, 2.24) is 15.5 Å². The number of hydrogen-bond donors (Lipinski definition) is 3. The van der Waals surface area contributed by atoms with E-state index in [4.69, 9.17) is 4.42 Å². The van der Waals surface area contributed by atoms with E-state index >= 15 is 0 Å². The maximum Gasteiger partial charge on any atom is 0.255 e. The predicted octanol–water partition coefficient (Wildman–Crippen LogP) is 2.80. The van der Waals surface area contributed by atoms with Crippen LogP contribution in [0.4, 0.5) is 5.82 Å². The van der Waals surface area contributed by atoms with E-state index in [1.54, 1.807) is 24.3 Å². The summed E-state index contributed by atoms with van der Waals surface area (Å²) in [5, 5.41) is 14.3. The minimum Gasteiger partial charge on any atom is -0.472 e. The van der Waals surface area contributed by atoms with Crippen LogP contribution in [0.15, 0.2) is 40.5 Å². The van der Waals surface area contributed by atoms with Crippen LogP contribution >= 0.6 is 11.3 Å². The lowest BCUT2D eigenvalue weighted by Crippen LogP contribution is -2.41. The van der Waals surface area contributed by atoms with Gasteiger partial charge in [0.15, 0.2) is 5.82 Å². The monoisotopic (exact) mass is 344 g/mol. The maximum absolute atomic E-state index is 12.2. The molecule has 0 aliphatic carbocycles. The highest BCUT2D eigenvalue weighted by atomic mass is 32.1. The van der Waals surface area contributed by atoms with Crippen LogP contribution in [0.2, 0.25) is 0 Å². The van der Waals surface area contributed by atoms with Gasteiger partial charge in [0.05, 0.1) is 22.4 Å². The molecule has 0 aromatic carbocycles. The Morgan fingerprint density at radius 3 is 2.88 bits per heavy atom. The lowest BCUT2D eigenvalue weighted by Gasteiger charge is -2.12. The van der Waals surface area contributed by atoms with E-state index in [2.05, 4.69) is 20.8 Å². The number of nitrogens with one attached hydrogen (secondary N) is 3. The molecule has 24 heavy (non-hydrogen) atoms. The van der Waals surface area contributed by atoms with Crippen molar-refractivity contribution in [2.24, 2.45) is 0 Å². The van der Waals surface area contributed by atoms with Crippen molar-refractivity contribution < 1.29 is 14.0 Å². The molecule has 0 fully saturated rings. The number of nitrogens with zero attached hydrogens (tertiary/aromatic N) is 1. The molecule has 0 aliphatic rings. The van der Waals surface area contributed by atoms with Crippen LogP contribution in [0.25, 0.3) is 10.6 Å². The molecule has 0 spiro atoms. The Morgan fingerprint density at radius 1 is 1.38 bits per heavy atom. The van der Waals surface area contributed by atoms with Crippen molar-refractivity contribution >= 4 is 29.0 Å². The molecule has 0 bridgehead atoms. The minimum atomic E-state index is -0.712. The summed E-state index contributed by atoms with van der Waals surface area (Å²) in [5.74, 6) is -0.316. The second-order valence-corrected chi connectivity index (χ2v) is 6.21. The molecule has 124 valence electrons. The average Bonchev–Trinajstić information content (AvgIpc) is 3.27. The highest BCUT2D eigenvalue weighted by molar-refractivity contribution is 7.13. The standard InChI is InChI=1S/C16H16N4O3S/c1-9-4-6-24-14(9)12-7-13(20-19-12)18-15(21)10(2)17-16(22)11-3-5-23-8-11/h3-8,10H,1-2H3,(H,17,22)(H2,18,19,20,21)/t10-/m1/s1. The lowest BCUT2D eigenvalue weighted by molar-refractivity contribution is -0.117. The molecule has 0 saturated carbocycles. The molecule has 0 aliphatic heterocycles. The summed E-state index contributed by atoms with van der Waals surface area (Å²) in [6, 6.07) is 4.60. The number of thiophene rings is 1. The van der Waals surface area contributed by atoms with Gasteiger partial charge >= 0.3 is 0 Å². The van der Waals surface area contributed by atoms with Crippen molar-refractivity contribution in [3.05, 3.63) is 47.2 Å². The molecular weight excluding hydrogens is 328 g/mol. The van der Waals surface area contributed by atoms with Gasteiger partial charge in [0, 0.05) is 6.07 Å². The smallest absolute Gasteiger partial charge is 0.255 e. The average molecular weight is 344 g/mol. The summed E-state index contributed by atoms with van der Waals surface area (Å²) in [4.78, 5) is 25.2. The van der Waals surface area contributed by atoms with E-state index in [9.17, 15) is 9.59 Å². The zero-order valence-corrected chi connectivity index (χ0v) is 13.9. The number of furan rings is 1. The largest absolute Gasteiger partial charge is 0.472 e. The van der Waals surface area contributed by atoms with Gasteiger partial charge in [-0.1, -0.05) is 0 Å². The Hall–Kier alpha value is -2.87. The SMILES string of the molecule is Cc1ccsc1-c1cc(NC(=O)[C@@H](C)NC(=O)c2ccoc2)n[nH]1. The number of H-pyrrole nitrogens is 1. The van der Waals surface area contributed by atoms with Crippen LogP contribution in [0.5, 0.6) is 0 Å². The number of aromatic amines is 1. The van der Waals surface area contributed by atoms with Gasteiger partial charge in [-0.2, -0.15) is 5.10 Å². The van der Waals surface area contributed by atoms with Crippen molar-refractivity contribution in [2.75, 3.05) is 5.32 Å². The fourth-order valence-electron chi connectivity index (χ4n) is 2.12. The number of carbonyl (C=O) groups excluding carboxylic acids is 2. The Balaban J connectivity index is 1.61. The number of hydrogen-bond acceptors (Lipinski definition) is 5. The molecule has 0 radical (unpaired) electrons. The fourth-order valence-corrected chi connectivity index (χ4v) is 3.02. The number of anilines is 1. The Morgan fingerprint density at radius 2 is 2.21 bits per heavy atom. The third-order valence-corrected chi connectivity index (χ3v) is 4.51. The zero-order chi connectivity index (χ0) is 17.1. The summed E-state index contributed by atoms with van der Waals surface area (Å²) in [6.07, 6.45) is 2.72. The fraction of sp³-hybridized carbons (Fsp3) is 0.188. The highest BCUT2D eigenvalue weighted by Crippen LogP contribution is 2.28. The van der Waals surface area contributed by atoms with E-state index < -0.39 is 6.04 Å². The number of aromatic nitrogens is 2. The first-order valence-electron chi connectivity index (χ1n) is 7.28. The topological polar surface area (TPSA) is 100 Å². The van der Waals surface area contributed by atoms with Gasteiger partial charge in [-0.05, 0) is 36.9 Å². The minimum absolute atomic E-state index is 0.354. The second kappa shape index (κ2) is 6.71. The van der Waals surface area contributed by atoms with Gasteiger partial charge in [0.25, 0.3) is 5.91 Å². The van der Waals surface area contributed by atoms with Crippen LogP contribution in [0.3, 0.4) is 0 Å². The van der Waals surface area contributed by atoms with E-state index in [-0.39, 0.29) is 11.8 Å². The van der Waals surface area contributed by atoms with Crippen LogP contribution in [-0.4, -0.2) is 28.1 Å². The van der Waals surface area contributed by atoms with Crippen LogP contribution < -0.4 is 10.6 Å². The van der Waals surface area contributed by atoms with Gasteiger partial charge in [-0.15, -0.1) is 11.3 Å². The quantitative estimate of drug-likeness (QED) is 0.662. The summed E-state index contributed by atoms with van der Waals surface area (Å²) in [7, 11) is 0. The molecule has 0 unspecified atom stereocenters. The molecule has 3 aromatic rings. The van der Waals surface area contributed by atoms with Gasteiger partial charge in [-0.25, -0.2) is 0 Å².